The first kappa shape index (κ1) is 12.3. The molecular weight excluding hydrogens is 204 g/mol. The third kappa shape index (κ3) is 3.42. The zero-order chi connectivity index (χ0) is 11.4. The fraction of sp³-hybridized carbons (Fsp3) is 1.00. The van der Waals surface area contributed by atoms with Gasteiger partial charge < -0.3 is 20.1 Å². The second-order valence-corrected chi connectivity index (χ2v) is 5.31. The molecule has 2 fully saturated rings. The van der Waals surface area contributed by atoms with Gasteiger partial charge in [0.2, 0.25) is 0 Å². The van der Waals surface area contributed by atoms with Crippen LogP contribution in [-0.2, 0) is 4.74 Å². The number of hydrogen-bond donors (Lipinski definition) is 2. The highest BCUT2D eigenvalue weighted by atomic mass is 16.5. The highest BCUT2D eigenvalue weighted by Gasteiger charge is 2.32. The Hall–Kier alpha value is -0.160. The highest BCUT2D eigenvalue weighted by molar-refractivity contribution is 4.90. The number of hydrogen-bond acceptors (Lipinski definition) is 4. The van der Waals surface area contributed by atoms with Crippen molar-refractivity contribution in [3.8, 4) is 0 Å². The van der Waals surface area contributed by atoms with E-state index in [0.29, 0.717) is 6.10 Å². The maximum absolute atomic E-state index is 10.2. The minimum atomic E-state index is -0.509. The van der Waals surface area contributed by atoms with Crippen LogP contribution in [0.25, 0.3) is 0 Å². The summed E-state index contributed by atoms with van der Waals surface area (Å²) < 4.78 is 5.60. The third-order valence-electron chi connectivity index (χ3n) is 3.64. The van der Waals surface area contributed by atoms with Crippen molar-refractivity contribution in [1.29, 1.82) is 0 Å². The molecular formula is C12H24N2O2. The van der Waals surface area contributed by atoms with Crippen molar-refractivity contribution < 1.29 is 9.84 Å². The van der Waals surface area contributed by atoms with Crippen molar-refractivity contribution in [3.05, 3.63) is 0 Å². The maximum Gasteiger partial charge on any atom is 0.0909 e. The summed E-state index contributed by atoms with van der Waals surface area (Å²) in [5.41, 5.74) is -0.509. The second-order valence-electron chi connectivity index (χ2n) is 5.31. The lowest BCUT2D eigenvalue weighted by Gasteiger charge is -2.28. The van der Waals surface area contributed by atoms with Crippen LogP contribution in [0.4, 0.5) is 0 Å². The van der Waals surface area contributed by atoms with Crippen LogP contribution in [-0.4, -0.2) is 61.5 Å². The predicted octanol–water partition coefficient (Wildman–Crippen LogP) is 0.212. The van der Waals surface area contributed by atoms with Crippen LogP contribution in [0.15, 0.2) is 0 Å². The smallest absolute Gasteiger partial charge is 0.0909 e. The molecule has 2 saturated heterocycles. The molecule has 0 aromatic rings. The SMILES string of the molecule is CN(CCC1CCCO1)CC1(O)CCNC1. The lowest BCUT2D eigenvalue weighted by atomic mass is 10.0. The molecule has 2 N–H and O–H groups in total. The second kappa shape index (κ2) is 5.45. The summed E-state index contributed by atoms with van der Waals surface area (Å²) in [7, 11) is 2.09. The highest BCUT2D eigenvalue weighted by Crippen LogP contribution is 2.18. The summed E-state index contributed by atoms with van der Waals surface area (Å²) in [6.45, 7) is 4.40. The minimum absolute atomic E-state index is 0.457. The Labute approximate surface area is 98.0 Å². The van der Waals surface area contributed by atoms with Gasteiger partial charge in [-0.25, -0.2) is 0 Å². The van der Waals surface area contributed by atoms with Crippen molar-refractivity contribution >= 4 is 0 Å². The average molecular weight is 228 g/mol. The van der Waals surface area contributed by atoms with E-state index >= 15 is 0 Å². The number of nitrogens with one attached hydrogen (secondary N) is 1. The molecule has 2 aliphatic heterocycles. The largest absolute Gasteiger partial charge is 0.387 e. The van der Waals surface area contributed by atoms with Gasteiger partial charge >= 0.3 is 0 Å². The Bertz CT molecular complexity index is 211. The van der Waals surface area contributed by atoms with E-state index in [2.05, 4.69) is 17.3 Å². The maximum atomic E-state index is 10.2. The molecule has 2 atom stereocenters. The van der Waals surface area contributed by atoms with E-state index < -0.39 is 5.60 Å². The number of nitrogens with zero attached hydrogens (tertiary/aromatic N) is 1. The standard InChI is InChI=1S/C12H24N2O2/c1-14(7-4-11-3-2-8-16-11)10-12(15)5-6-13-9-12/h11,13,15H,2-10H2,1H3. The van der Waals surface area contributed by atoms with Gasteiger partial charge in [0.25, 0.3) is 0 Å². The monoisotopic (exact) mass is 228 g/mol. The lowest BCUT2D eigenvalue weighted by Crippen LogP contribution is -2.43. The quantitative estimate of drug-likeness (QED) is 0.706. The molecule has 0 aromatic heterocycles. The fourth-order valence-electron chi connectivity index (χ4n) is 2.68. The summed E-state index contributed by atoms with van der Waals surface area (Å²) in [5, 5.41) is 13.4. The molecule has 0 saturated carbocycles. The predicted molar refractivity (Wildman–Crippen MR) is 63.5 cm³/mol. The molecule has 0 amide bonds. The van der Waals surface area contributed by atoms with E-state index in [1.54, 1.807) is 0 Å². The molecule has 4 heteroatoms. The van der Waals surface area contributed by atoms with Crippen LogP contribution in [0, 0.1) is 0 Å². The van der Waals surface area contributed by atoms with Gasteiger partial charge in [-0.3, -0.25) is 0 Å². The molecule has 0 bridgehead atoms. The summed E-state index contributed by atoms with van der Waals surface area (Å²) in [4.78, 5) is 2.23. The van der Waals surface area contributed by atoms with Gasteiger partial charge in [0, 0.05) is 26.2 Å². The normalized spacial score (nSPS) is 35.1. The van der Waals surface area contributed by atoms with Crippen LogP contribution >= 0.6 is 0 Å². The zero-order valence-electron chi connectivity index (χ0n) is 10.2. The van der Waals surface area contributed by atoms with Gasteiger partial charge in [-0.15, -0.1) is 0 Å². The first-order valence-corrected chi connectivity index (χ1v) is 6.41. The number of likely N-dealkylation sites (N-methyl/N-ethyl adjacent to an activating group) is 1. The van der Waals surface area contributed by atoms with Crippen LogP contribution in [0.5, 0.6) is 0 Å². The molecule has 0 aliphatic carbocycles. The van der Waals surface area contributed by atoms with Crippen LogP contribution in [0.2, 0.25) is 0 Å². The molecule has 2 aliphatic rings. The number of ether oxygens (including phenoxy) is 1. The Morgan fingerprint density at radius 2 is 2.44 bits per heavy atom. The van der Waals surface area contributed by atoms with E-state index in [9.17, 15) is 5.11 Å². The lowest BCUT2D eigenvalue weighted by molar-refractivity contribution is 0.0224. The van der Waals surface area contributed by atoms with Gasteiger partial charge in [0.1, 0.15) is 0 Å². The molecule has 2 unspecified atom stereocenters. The average Bonchev–Trinajstić information content (AvgIpc) is 2.86. The van der Waals surface area contributed by atoms with Crippen LogP contribution < -0.4 is 5.32 Å². The molecule has 4 nitrogen and oxygen atoms in total. The van der Waals surface area contributed by atoms with E-state index in [0.717, 1.165) is 45.6 Å². The van der Waals surface area contributed by atoms with E-state index in [1.165, 1.54) is 12.8 Å². The first-order chi connectivity index (χ1) is 7.68. The van der Waals surface area contributed by atoms with E-state index in [1.807, 2.05) is 0 Å². The Morgan fingerprint density at radius 3 is 3.06 bits per heavy atom. The summed E-state index contributed by atoms with van der Waals surface area (Å²) in [6.07, 6.45) is 4.85. The molecule has 94 valence electrons. The van der Waals surface area contributed by atoms with Crippen molar-refractivity contribution in [2.75, 3.05) is 39.8 Å². The molecule has 2 rings (SSSR count). The minimum Gasteiger partial charge on any atom is -0.387 e. The Balaban J connectivity index is 1.65. The third-order valence-corrected chi connectivity index (χ3v) is 3.64. The Kier molecular flexibility index (Phi) is 4.19. The first-order valence-electron chi connectivity index (χ1n) is 6.41. The van der Waals surface area contributed by atoms with Gasteiger partial charge in [-0.1, -0.05) is 0 Å². The van der Waals surface area contributed by atoms with Crippen LogP contribution in [0.3, 0.4) is 0 Å². The van der Waals surface area contributed by atoms with Crippen LogP contribution in [0.1, 0.15) is 25.7 Å². The summed E-state index contributed by atoms with van der Waals surface area (Å²) in [6, 6.07) is 0. The van der Waals surface area contributed by atoms with Gasteiger partial charge in [-0.05, 0) is 39.3 Å². The zero-order valence-corrected chi connectivity index (χ0v) is 10.2. The fourth-order valence-corrected chi connectivity index (χ4v) is 2.68. The molecule has 2 heterocycles. The van der Waals surface area contributed by atoms with Gasteiger partial charge in [0.05, 0.1) is 11.7 Å². The number of aliphatic hydroxyl groups is 1. The van der Waals surface area contributed by atoms with Gasteiger partial charge in [-0.2, -0.15) is 0 Å². The molecule has 0 radical (unpaired) electrons. The number of rotatable bonds is 5. The van der Waals surface area contributed by atoms with Crippen molar-refractivity contribution in [2.24, 2.45) is 0 Å². The molecule has 0 spiro atoms. The molecule has 0 aromatic carbocycles. The number of β-amino-alcohol motifs (C(OH)–C–C–N with tert-alkyl or cyclic N) is 1. The van der Waals surface area contributed by atoms with E-state index in [4.69, 9.17) is 4.74 Å². The van der Waals surface area contributed by atoms with E-state index in [-0.39, 0.29) is 0 Å². The van der Waals surface area contributed by atoms with Gasteiger partial charge in [0.15, 0.2) is 0 Å². The summed E-state index contributed by atoms with van der Waals surface area (Å²) in [5.74, 6) is 0. The van der Waals surface area contributed by atoms with Crippen molar-refractivity contribution in [2.45, 2.75) is 37.4 Å². The van der Waals surface area contributed by atoms with Crippen molar-refractivity contribution in [1.82, 2.24) is 10.2 Å². The summed E-state index contributed by atoms with van der Waals surface area (Å²) >= 11 is 0. The molecule has 16 heavy (non-hydrogen) atoms. The topological polar surface area (TPSA) is 44.7 Å². The Morgan fingerprint density at radius 1 is 1.56 bits per heavy atom. The van der Waals surface area contributed by atoms with Crippen molar-refractivity contribution in [3.63, 3.8) is 0 Å².